The highest BCUT2D eigenvalue weighted by molar-refractivity contribution is 7.12. The van der Waals surface area contributed by atoms with Crippen molar-refractivity contribution in [3.8, 4) is 0 Å². The Morgan fingerprint density at radius 2 is 2.18 bits per heavy atom. The zero-order valence-corrected chi connectivity index (χ0v) is 12.3. The first-order valence-electron chi connectivity index (χ1n) is 5.98. The molecule has 0 aromatic carbocycles. The molecule has 0 fully saturated rings. The molecule has 2 rings (SSSR count). The van der Waals surface area contributed by atoms with Crippen molar-refractivity contribution in [1.82, 2.24) is 5.32 Å². The quantitative estimate of drug-likeness (QED) is 0.849. The third-order valence-corrected chi connectivity index (χ3v) is 4.70. The molecule has 1 N–H and O–H groups in total. The highest BCUT2D eigenvalue weighted by atomic mass is 32.1. The Hall–Kier alpha value is -0.640. The average molecular weight is 265 g/mol. The second-order valence-electron chi connectivity index (χ2n) is 4.43. The SMILES string of the molecule is Cc1cc(C(C)NCCc2ccsc2)c(C)s1. The number of nitrogens with one attached hydrogen (secondary N) is 1. The molecule has 92 valence electrons. The minimum atomic E-state index is 0.457. The van der Waals surface area contributed by atoms with Crippen molar-refractivity contribution < 1.29 is 0 Å². The van der Waals surface area contributed by atoms with Crippen molar-refractivity contribution in [2.45, 2.75) is 33.2 Å². The lowest BCUT2D eigenvalue weighted by atomic mass is 10.1. The van der Waals surface area contributed by atoms with E-state index >= 15 is 0 Å². The van der Waals surface area contributed by atoms with Gasteiger partial charge >= 0.3 is 0 Å². The van der Waals surface area contributed by atoms with Crippen LogP contribution >= 0.6 is 22.7 Å². The summed E-state index contributed by atoms with van der Waals surface area (Å²) in [5, 5.41) is 7.98. The van der Waals surface area contributed by atoms with Gasteiger partial charge in [-0.15, -0.1) is 11.3 Å². The highest BCUT2D eigenvalue weighted by Gasteiger charge is 2.10. The molecule has 0 amide bonds. The van der Waals surface area contributed by atoms with Gasteiger partial charge in [-0.05, 0) is 67.8 Å². The minimum Gasteiger partial charge on any atom is -0.310 e. The Kier molecular flexibility index (Phi) is 4.37. The lowest BCUT2D eigenvalue weighted by Gasteiger charge is -2.13. The van der Waals surface area contributed by atoms with Crippen molar-refractivity contribution in [2.24, 2.45) is 0 Å². The molecule has 0 aliphatic heterocycles. The van der Waals surface area contributed by atoms with E-state index in [0.717, 1.165) is 13.0 Å². The standard InChI is InChI=1S/C14H19NS2/c1-10-8-14(12(3)17-10)11(2)15-6-4-13-5-7-16-9-13/h5,7-9,11,15H,4,6H2,1-3H3. The molecule has 2 aromatic rings. The van der Waals surface area contributed by atoms with E-state index in [1.165, 1.54) is 20.9 Å². The van der Waals surface area contributed by atoms with Crippen LogP contribution in [0, 0.1) is 13.8 Å². The van der Waals surface area contributed by atoms with Gasteiger partial charge in [-0.3, -0.25) is 0 Å². The van der Waals surface area contributed by atoms with E-state index in [0.29, 0.717) is 6.04 Å². The summed E-state index contributed by atoms with van der Waals surface area (Å²) in [6.45, 7) is 7.69. The van der Waals surface area contributed by atoms with E-state index in [9.17, 15) is 0 Å². The fraction of sp³-hybridized carbons (Fsp3) is 0.429. The molecule has 17 heavy (non-hydrogen) atoms. The maximum absolute atomic E-state index is 3.60. The molecular weight excluding hydrogens is 246 g/mol. The maximum atomic E-state index is 3.60. The molecular formula is C14H19NS2. The van der Waals surface area contributed by atoms with Crippen LogP contribution in [0.2, 0.25) is 0 Å². The summed E-state index contributed by atoms with van der Waals surface area (Å²) in [5.41, 5.74) is 2.89. The van der Waals surface area contributed by atoms with Crippen LogP contribution in [0.4, 0.5) is 0 Å². The summed E-state index contributed by atoms with van der Waals surface area (Å²) in [6.07, 6.45) is 1.12. The Balaban J connectivity index is 1.85. The molecule has 2 aromatic heterocycles. The smallest absolute Gasteiger partial charge is 0.0302 e. The van der Waals surface area contributed by atoms with Gasteiger partial charge in [-0.25, -0.2) is 0 Å². The third kappa shape index (κ3) is 3.41. The fourth-order valence-electron chi connectivity index (χ4n) is 2.06. The van der Waals surface area contributed by atoms with Gasteiger partial charge in [0.15, 0.2) is 0 Å². The van der Waals surface area contributed by atoms with Crippen LogP contribution in [-0.4, -0.2) is 6.54 Å². The van der Waals surface area contributed by atoms with Crippen molar-refractivity contribution in [3.63, 3.8) is 0 Å². The van der Waals surface area contributed by atoms with Crippen LogP contribution < -0.4 is 5.32 Å². The maximum Gasteiger partial charge on any atom is 0.0302 e. The van der Waals surface area contributed by atoms with Crippen LogP contribution in [0.3, 0.4) is 0 Å². The number of aryl methyl sites for hydroxylation is 2. The third-order valence-electron chi connectivity index (χ3n) is 2.99. The molecule has 1 unspecified atom stereocenters. The van der Waals surface area contributed by atoms with Gasteiger partial charge < -0.3 is 5.32 Å². The van der Waals surface area contributed by atoms with Gasteiger partial charge in [-0.1, -0.05) is 0 Å². The van der Waals surface area contributed by atoms with Crippen molar-refractivity contribution in [1.29, 1.82) is 0 Å². The number of thiophene rings is 2. The average Bonchev–Trinajstić information content (AvgIpc) is 2.88. The van der Waals surface area contributed by atoms with Crippen LogP contribution in [-0.2, 0) is 6.42 Å². The second-order valence-corrected chi connectivity index (χ2v) is 6.67. The molecule has 0 saturated carbocycles. The fourth-order valence-corrected chi connectivity index (χ4v) is 3.78. The summed E-state index contributed by atoms with van der Waals surface area (Å²) >= 11 is 3.66. The van der Waals surface area contributed by atoms with E-state index < -0.39 is 0 Å². The normalized spacial score (nSPS) is 12.9. The molecule has 0 saturated heterocycles. The number of rotatable bonds is 5. The van der Waals surface area contributed by atoms with Crippen molar-refractivity contribution >= 4 is 22.7 Å². The van der Waals surface area contributed by atoms with Crippen molar-refractivity contribution in [2.75, 3.05) is 6.54 Å². The summed E-state index contributed by atoms with van der Waals surface area (Å²) in [4.78, 5) is 2.85. The first-order chi connectivity index (χ1) is 8.16. The molecule has 0 aliphatic rings. The molecule has 2 heterocycles. The molecule has 0 spiro atoms. The summed E-state index contributed by atoms with van der Waals surface area (Å²) in [6, 6.07) is 4.97. The van der Waals surface area contributed by atoms with E-state index in [1.807, 2.05) is 11.3 Å². The van der Waals surface area contributed by atoms with Gasteiger partial charge in [0, 0.05) is 15.8 Å². The predicted molar refractivity (Wildman–Crippen MR) is 78.2 cm³/mol. The molecule has 1 atom stereocenters. The Bertz CT molecular complexity index is 457. The van der Waals surface area contributed by atoms with Crippen molar-refractivity contribution in [3.05, 3.63) is 43.8 Å². The van der Waals surface area contributed by atoms with Gasteiger partial charge in [0.1, 0.15) is 0 Å². The number of hydrogen-bond donors (Lipinski definition) is 1. The predicted octanol–water partition coefficient (Wildman–Crippen LogP) is 4.32. The van der Waals surface area contributed by atoms with Crippen LogP contribution in [0.15, 0.2) is 22.9 Å². The summed E-state index contributed by atoms with van der Waals surface area (Å²) in [7, 11) is 0. The van der Waals surface area contributed by atoms with E-state index in [1.54, 1.807) is 11.3 Å². The zero-order chi connectivity index (χ0) is 12.3. The monoisotopic (exact) mass is 265 g/mol. The van der Waals surface area contributed by atoms with E-state index in [-0.39, 0.29) is 0 Å². The summed E-state index contributed by atoms with van der Waals surface area (Å²) < 4.78 is 0. The Morgan fingerprint density at radius 1 is 1.35 bits per heavy atom. The molecule has 1 nitrogen and oxygen atoms in total. The van der Waals surface area contributed by atoms with Gasteiger partial charge in [0.2, 0.25) is 0 Å². The molecule has 0 radical (unpaired) electrons. The number of hydrogen-bond acceptors (Lipinski definition) is 3. The first-order valence-corrected chi connectivity index (χ1v) is 7.74. The zero-order valence-electron chi connectivity index (χ0n) is 10.6. The van der Waals surface area contributed by atoms with Crippen LogP contribution in [0.1, 0.15) is 33.8 Å². The van der Waals surface area contributed by atoms with Gasteiger partial charge in [0.25, 0.3) is 0 Å². The highest BCUT2D eigenvalue weighted by Crippen LogP contribution is 2.25. The Labute approximate surface area is 112 Å². The second kappa shape index (κ2) is 5.80. The van der Waals surface area contributed by atoms with Gasteiger partial charge in [0.05, 0.1) is 0 Å². The molecule has 0 bridgehead atoms. The van der Waals surface area contributed by atoms with Gasteiger partial charge in [-0.2, -0.15) is 11.3 Å². The van der Waals surface area contributed by atoms with E-state index in [4.69, 9.17) is 0 Å². The summed E-state index contributed by atoms with van der Waals surface area (Å²) in [5.74, 6) is 0. The largest absolute Gasteiger partial charge is 0.310 e. The first kappa shape index (κ1) is 12.8. The minimum absolute atomic E-state index is 0.457. The lowest BCUT2D eigenvalue weighted by Crippen LogP contribution is -2.21. The topological polar surface area (TPSA) is 12.0 Å². The lowest BCUT2D eigenvalue weighted by molar-refractivity contribution is 0.576. The van der Waals surface area contributed by atoms with Crippen LogP contribution in [0.5, 0.6) is 0 Å². The molecule has 3 heteroatoms. The molecule has 0 aliphatic carbocycles. The van der Waals surface area contributed by atoms with E-state index in [2.05, 4.69) is 49.0 Å². The van der Waals surface area contributed by atoms with Crippen LogP contribution in [0.25, 0.3) is 0 Å². The Morgan fingerprint density at radius 3 is 2.76 bits per heavy atom.